The minimum absolute atomic E-state index is 0.0636. The molecule has 0 aliphatic carbocycles. The summed E-state index contributed by atoms with van der Waals surface area (Å²) in [6, 6.07) is 12.5. The minimum atomic E-state index is -1.72. The van der Waals surface area contributed by atoms with Crippen molar-refractivity contribution >= 4 is 17.6 Å². The summed E-state index contributed by atoms with van der Waals surface area (Å²) in [4.78, 5) is 12.5. The highest BCUT2D eigenvalue weighted by atomic mass is 35.5. The Labute approximate surface area is 189 Å². The Morgan fingerprint density at radius 3 is 2.47 bits per heavy atom. The molecule has 3 rings (SSSR count). The molecule has 1 saturated heterocycles. The number of carbonyl (C=O) groups excluding carboxylic acids is 1. The summed E-state index contributed by atoms with van der Waals surface area (Å²) >= 11 is 6.29. The molecular weight excluding hydrogens is 444 g/mol. The summed E-state index contributed by atoms with van der Waals surface area (Å²) in [6.07, 6.45) is -7.18. The first kappa shape index (κ1) is 24.2. The van der Waals surface area contributed by atoms with Crippen LogP contribution in [0.5, 0.6) is 11.5 Å². The fourth-order valence-corrected chi connectivity index (χ4v) is 3.47. The molecule has 1 aliphatic heterocycles. The number of esters is 1. The average molecular weight is 469 g/mol. The normalized spacial score (nSPS) is 25.2. The van der Waals surface area contributed by atoms with Crippen molar-refractivity contribution in [3.63, 3.8) is 0 Å². The standard InChI is InChI=1S/C22H25ClO9/c1-29-15-10-13(9-14(23)20(15)30-8-7-12-5-3-2-4-6-12)21(27)31-11-16-17(24)18(25)19(26)22(28)32-16/h2-6,9-10,16-19,22,24-26,28H,7-8,11H2,1H3/t16-,17-,18+,19-,22?/m1/s1. The summed E-state index contributed by atoms with van der Waals surface area (Å²) in [5.74, 6) is -0.278. The van der Waals surface area contributed by atoms with E-state index in [2.05, 4.69) is 0 Å². The van der Waals surface area contributed by atoms with E-state index in [1.807, 2.05) is 30.3 Å². The molecule has 2 aromatic carbocycles. The number of hydrogen-bond donors (Lipinski definition) is 4. The molecule has 174 valence electrons. The van der Waals surface area contributed by atoms with Gasteiger partial charge in [-0.05, 0) is 17.7 Å². The highest BCUT2D eigenvalue weighted by Gasteiger charge is 2.43. The lowest BCUT2D eigenvalue weighted by molar-refractivity contribution is -0.286. The van der Waals surface area contributed by atoms with E-state index >= 15 is 0 Å². The SMILES string of the molecule is COc1cc(C(=O)OC[C@H]2OC(O)[C@H](O)[C@@H](O)[C@@H]2O)cc(Cl)c1OCCc1ccccc1. The van der Waals surface area contributed by atoms with Crippen LogP contribution in [-0.4, -0.2) is 77.4 Å². The Kier molecular flexibility index (Phi) is 8.30. The van der Waals surface area contributed by atoms with E-state index in [9.17, 15) is 25.2 Å². The van der Waals surface area contributed by atoms with Crippen molar-refractivity contribution in [1.82, 2.24) is 0 Å². The van der Waals surface area contributed by atoms with Gasteiger partial charge in [0.25, 0.3) is 0 Å². The lowest BCUT2D eigenvalue weighted by atomic mass is 9.99. The molecule has 4 N–H and O–H groups in total. The van der Waals surface area contributed by atoms with E-state index < -0.39 is 43.3 Å². The molecule has 0 saturated carbocycles. The van der Waals surface area contributed by atoms with Gasteiger partial charge in [0, 0.05) is 6.42 Å². The minimum Gasteiger partial charge on any atom is -0.493 e. The number of carbonyl (C=O) groups is 1. The fraction of sp³-hybridized carbons (Fsp3) is 0.409. The van der Waals surface area contributed by atoms with E-state index in [-0.39, 0.29) is 22.1 Å². The molecule has 5 atom stereocenters. The monoisotopic (exact) mass is 468 g/mol. The van der Waals surface area contributed by atoms with Crippen LogP contribution in [-0.2, 0) is 15.9 Å². The summed E-state index contributed by atoms with van der Waals surface area (Å²) in [7, 11) is 1.41. The van der Waals surface area contributed by atoms with Gasteiger partial charge in [-0.1, -0.05) is 41.9 Å². The zero-order valence-electron chi connectivity index (χ0n) is 17.3. The zero-order valence-corrected chi connectivity index (χ0v) is 18.0. The predicted octanol–water partition coefficient (Wildman–Crippen LogP) is 0.927. The van der Waals surface area contributed by atoms with Gasteiger partial charge in [-0.2, -0.15) is 0 Å². The molecular formula is C22H25ClO9. The van der Waals surface area contributed by atoms with Crippen molar-refractivity contribution in [2.75, 3.05) is 20.3 Å². The first-order valence-electron chi connectivity index (χ1n) is 9.91. The molecule has 1 aliphatic rings. The lowest BCUT2D eigenvalue weighted by Crippen LogP contribution is -2.58. The van der Waals surface area contributed by atoms with Crippen molar-refractivity contribution in [2.24, 2.45) is 0 Å². The van der Waals surface area contributed by atoms with Gasteiger partial charge in [-0.15, -0.1) is 0 Å². The maximum atomic E-state index is 12.5. The highest BCUT2D eigenvalue weighted by molar-refractivity contribution is 6.32. The van der Waals surface area contributed by atoms with Crippen LogP contribution in [0.25, 0.3) is 0 Å². The molecule has 10 heteroatoms. The van der Waals surface area contributed by atoms with Gasteiger partial charge in [0.15, 0.2) is 17.8 Å². The second-order valence-corrected chi connectivity index (χ2v) is 7.62. The number of aliphatic hydroxyl groups excluding tert-OH is 4. The summed E-state index contributed by atoms with van der Waals surface area (Å²) < 4.78 is 21.2. The Morgan fingerprint density at radius 2 is 1.78 bits per heavy atom. The molecule has 1 fully saturated rings. The number of hydrogen-bond acceptors (Lipinski definition) is 9. The first-order valence-corrected chi connectivity index (χ1v) is 10.3. The van der Waals surface area contributed by atoms with Crippen LogP contribution in [0, 0.1) is 0 Å². The van der Waals surface area contributed by atoms with Crippen molar-refractivity contribution < 1.29 is 44.2 Å². The maximum Gasteiger partial charge on any atom is 0.338 e. The van der Waals surface area contributed by atoms with Crippen molar-refractivity contribution in [3.05, 3.63) is 58.6 Å². The van der Waals surface area contributed by atoms with Crippen LogP contribution in [0.3, 0.4) is 0 Å². The quantitative estimate of drug-likeness (QED) is 0.417. The molecule has 1 unspecified atom stereocenters. The molecule has 9 nitrogen and oxygen atoms in total. The lowest BCUT2D eigenvalue weighted by Gasteiger charge is -2.37. The van der Waals surface area contributed by atoms with Crippen molar-refractivity contribution in [3.8, 4) is 11.5 Å². The van der Waals surface area contributed by atoms with E-state index in [4.69, 9.17) is 30.5 Å². The molecule has 0 amide bonds. The van der Waals surface area contributed by atoms with Gasteiger partial charge in [0.1, 0.15) is 31.0 Å². The summed E-state index contributed by atoms with van der Waals surface area (Å²) in [6.45, 7) is -0.132. The largest absolute Gasteiger partial charge is 0.493 e. The third kappa shape index (κ3) is 5.69. The molecule has 2 aromatic rings. The fourth-order valence-electron chi connectivity index (χ4n) is 3.20. The Morgan fingerprint density at radius 1 is 1.06 bits per heavy atom. The predicted molar refractivity (Wildman–Crippen MR) is 113 cm³/mol. The Balaban J connectivity index is 1.62. The van der Waals surface area contributed by atoms with Crippen LogP contribution in [0.4, 0.5) is 0 Å². The molecule has 0 spiro atoms. The van der Waals surface area contributed by atoms with Crippen LogP contribution in [0.1, 0.15) is 15.9 Å². The number of benzene rings is 2. The summed E-state index contributed by atoms with van der Waals surface area (Å²) in [5, 5.41) is 38.9. The summed E-state index contributed by atoms with van der Waals surface area (Å²) in [5.41, 5.74) is 1.16. The van der Waals surface area contributed by atoms with Gasteiger partial charge >= 0.3 is 5.97 Å². The van der Waals surface area contributed by atoms with Crippen LogP contribution in [0.2, 0.25) is 5.02 Å². The smallest absolute Gasteiger partial charge is 0.338 e. The third-order valence-corrected chi connectivity index (χ3v) is 5.29. The third-order valence-electron chi connectivity index (χ3n) is 5.01. The Bertz CT molecular complexity index is 908. The van der Waals surface area contributed by atoms with Crippen molar-refractivity contribution in [1.29, 1.82) is 0 Å². The molecule has 0 aromatic heterocycles. The maximum absolute atomic E-state index is 12.5. The van der Waals surface area contributed by atoms with E-state index in [0.717, 1.165) is 5.56 Å². The molecule has 32 heavy (non-hydrogen) atoms. The van der Waals surface area contributed by atoms with Gasteiger partial charge in [-0.3, -0.25) is 0 Å². The second kappa shape index (κ2) is 11.0. The van der Waals surface area contributed by atoms with Crippen LogP contribution < -0.4 is 9.47 Å². The zero-order chi connectivity index (χ0) is 23.3. The highest BCUT2D eigenvalue weighted by Crippen LogP contribution is 2.36. The van der Waals surface area contributed by atoms with Gasteiger partial charge in [0.05, 0.1) is 24.3 Å². The van der Waals surface area contributed by atoms with Crippen LogP contribution in [0.15, 0.2) is 42.5 Å². The van der Waals surface area contributed by atoms with Crippen molar-refractivity contribution in [2.45, 2.75) is 37.1 Å². The Hall–Kier alpha value is -2.40. The number of halogens is 1. The van der Waals surface area contributed by atoms with E-state index in [0.29, 0.717) is 13.0 Å². The van der Waals surface area contributed by atoms with Gasteiger partial charge in [-0.25, -0.2) is 4.79 Å². The second-order valence-electron chi connectivity index (χ2n) is 7.21. The number of aliphatic hydroxyl groups is 4. The van der Waals surface area contributed by atoms with Gasteiger partial charge in [0.2, 0.25) is 0 Å². The average Bonchev–Trinajstić information content (AvgIpc) is 2.80. The number of methoxy groups -OCH3 is 1. The molecule has 0 bridgehead atoms. The number of rotatable bonds is 8. The first-order chi connectivity index (χ1) is 15.3. The van der Waals surface area contributed by atoms with E-state index in [1.165, 1.54) is 19.2 Å². The van der Waals surface area contributed by atoms with Crippen LogP contribution >= 0.6 is 11.6 Å². The van der Waals surface area contributed by atoms with Gasteiger partial charge < -0.3 is 39.4 Å². The number of ether oxygens (including phenoxy) is 4. The molecule has 0 radical (unpaired) electrons. The molecule has 1 heterocycles. The topological polar surface area (TPSA) is 135 Å². The van der Waals surface area contributed by atoms with E-state index in [1.54, 1.807) is 0 Å².